The molecule has 3 atom stereocenters. The molecular weight excluding hydrogens is 228 g/mol. The van der Waals surface area contributed by atoms with Crippen molar-refractivity contribution in [1.82, 2.24) is 5.48 Å². The van der Waals surface area contributed by atoms with E-state index in [1.54, 1.807) is 0 Å². The maximum Gasteiger partial charge on any atom is 0.220 e. The summed E-state index contributed by atoms with van der Waals surface area (Å²) in [5, 5.41) is 0. The Morgan fingerprint density at radius 2 is 2.11 bits per heavy atom. The topological polar surface area (TPSA) is 64.4 Å². The zero-order valence-corrected chi connectivity index (χ0v) is 10.6. The van der Waals surface area contributed by atoms with Crippen LogP contribution in [0.5, 0.6) is 0 Å². The van der Waals surface area contributed by atoms with Gasteiger partial charge in [-0.1, -0.05) is 37.3 Å². The van der Waals surface area contributed by atoms with Gasteiger partial charge in [0.05, 0.1) is 6.10 Å². The van der Waals surface area contributed by atoms with Crippen LogP contribution in [-0.2, 0) is 16.2 Å². The van der Waals surface area contributed by atoms with Gasteiger partial charge in [0.1, 0.15) is 0 Å². The Kier molecular flexibility index (Phi) is 4.33. The van der Waals surface area contributed by atoms with Crippen molar-refractivity contribution in [3.63, 3.8) is 0 Å². The second-order valence-electron chi connectivity index (χ2n) is 5.01. The van der Waals surface area contributed by atoms with Crippen LogP contribution >= 0.6 is 0 Å². The molecular formula is C14H20N2O2. The largest absolute Gasteiger partial charge is 0.369 e. The van der Waals surface area contributed by atoms with E-state index in [2.05, 4.69) is 12.4 Å². The lowest BCUT2D eigenvalue weighted by molar-refractivity contribution is -0.122. The van der Waals surface area contributed by atoms with Gasteiger partial charge in [-0.15, -0.1) is 0 Å². The molecule has 1 aromatic rings. The van der Waals surface area contributed by atoms with Crippen LogP contribution in [0.25, 0.3) is 0 Å². The van der Waals surface area contributed by atoms with Crippen molar-refractivity contribution in [2.45, 2.75) is 32.4 Å². The minimum atomic E-state index is -0.212. The Hall–Kier alpha value is -1.39. The summed E-state index contributed by atoms with van der Waals surface area (Å²) in [7, 11) is 0. The fraction of sp³-hybridized carbons (Fsp3) is 0.500. The fourth-order valence-electron chi connectivity index (χ4n) is 2.43. The van der Waals surface area contributed by atoms with Gasteiger partial charge < -0.3 is 5.73 Å². The molecule has 0 heterocycles. The second-order valence-corrected chi connectivity index (χ2v) is 5.01. The van der Waals surface area contributed by atoms with E-state index in [0.29, 0.717) is 12.5 Å². The smallest absolute Gasteiger partial charge is 0.220 e. The van der Waals surface area contributed by atoms with Crippen LogP contribution in [-0.4, -0.2) is 12.0 Å². The highest BCUT2D eigenvalue weighted by atomic mass is 16.7. The van der Waals surface area contributed by atoms with Crippen LogP contribution in [0.4, 0.5) is 0 Å². The summed E-state index contributed by atoms with van der Waals surface area (Å²) in [6.45, 7) is 2.77. The molecule has 18 heavy (non-hydrogen) atoms. The molecule has 1 aliphatic rings. The molecule has 0 bridgehead atoms. The van der Waals surface area contributed by atoms with Crippen molar-refractivity contribution in [2.24, 2.45) is 17.6 Å². The van der Waals surface area contributed by atoms with Gasteiger partial charge in [-0.05, 0) is 24.3 Å². The Morgan fingerprint density at radius 3 is 2.72 bits per heavy atom. The van der Waals surface area contributed by atoms with Crippen molar-refractivity contribution in [3.05, 3.63) is 35.9 Å². The minimum absolute atomic E-state index is 0.0384. The lowest BCUT2D eigenvalue weighted by Gasteiger charge is -2.16. The highest BCUT2D eigenvalue weighted by Gasteiger charge is 2.35. The highest BCUT2D eigenvalue weighted by molar-refractivity contribution is 5.77. The first kappa shape index (κ1) is 13.1. The molecule has 2 rings (SSSR count). The van der Waals surface area contributed by atoms with Gasteiger partial charge in [0.25, 0.3) is 0 Å². The van der Waals surface area contributed by atoms with Crippen molar-refractivity contribution < 1.29 is 9.63 Å². The number of hydroxylamine groups is 1. The number of nitrogens with one attached hydrogen (secondary N) is 1. The normalized spacial score (nSPS) is 27.3. The molecule has 4 nitrogen and oxygen atoms in total. The molecule has 1 amide bonds. The predicted molar refractivity (Wildman–Crippen MR) is 69.2 cm³/mol. The summed E-state index contributed by atoms with van der Waals surface area (Å²) in [6, 6.07) is 10.1. The molecule has 4 heteroatoms. The number of nitrogens with two attached hydrogens (primary N) is 1. The molecule has 0 aliphatic heterocycles. The first-order valence-corrected chi connectivity index (χ1v) is 6.38. The summed E-state index contributed by atoms with van der Waals surface area (Å²) in [4.78, 5) is 16.8. The predicted octanol–water partition coefficient (Wildman–Crippen LogP) is 1.61. The molecule has 0 aromatic heterocycles. The molecule has 1 saturated carbocycles. The molecule has 1 fully saturated rings. The van der Waals surface area contributed by atoms with E-state index < -0.39 is 0 Å². The van der Waals surface area contributed by atoms with Crippen LogP contribution < -0.4 is 11.2 Å². The first-order chi connectivity index (χ1) is 8.66. The number of carbonyl (C=O) groups is 1. The van der Waals surface area contributed by atoms with Crippen molar-refractivity contribution >= 4 is 5.91 Å². The third-order valence-electron chi connectivity index (χ3n) is 3.56. The molecule has 3 N–H and O–H groups in total. The molecule has 98 valence electrons. The van der Waals surface area contributed by atoms with E-state index in [-0.39, 0.29) is 17.9 Å². The van der Waals surface area contributed by atoms with Gasteiger partial charge >= 0.3 is 0 Å². The molecule has 0 unspecified atom stereocenters. The van der Waals surface area contributed by atoms with Gasteiger partial charge in [-0.2, -0.15) is 5.48 Å². The van der Waals surface area contributed by atoms with Crippen molar-refractivity contribution in [3.8, 4) is 0 Å². The summed E-state index contributed by atoms with van der Waals surface area (Å²) in [5.41, 5.74) is 9.48. The summed E-state index contributed by atoms with van der Waals surface area (Å²) in [5.74, 6) is 0.116. The van der Waals surface area contributed by atoms with Gasteiger partial charge in [0.15, 0.2) is 0 Å². The number of amides is 1. The summed E-state index contributed by atoms with van der Waals surface area (Å²) in [6.07, 6.45) is 1.62. The van der Waals surface area contributed by atoms with E-state index >= 15 is 0 Å². The number of primary amides is 1. The van der Waals surface area contributed by atoms with E-state index in [1.807, 2.05) is 30.3 Å². The van der Waals surface area contributed by atoms with Crippen LogP contribution in [0.1, 0.15) is 25.3 Å². The minimum Gasteiger partial charge on any atom is -0.369 e. The monoisotopic (exact) mass is 248 g/mol. The van der Waals surface area contributed by atoms with Crippen molar-refractivity contribution in [2.75, 3.05) is 0 Å². The van der Waals surface area contributed by atoms with Gasteiger partial charge in [0, 0.05) is 12.5 Å². The van der Waals surface area contributed by atoms with E-state index in [1.165, 1.54) is 5.56 Å². The third kappa shape index (κ3) is 3.31. The average molecular weight is 248 g/mol. The quantitative estimate of drug-likeness (QED) is 0.778. The Balaban J connectivity index is 1.76. The maximum atomic E-state index is 11.1. The Labute approximate surface area is 107 Å². The van der Waals surface area contributed by atoms with Gasteiger partial charge in [0.2, 0.25) is 5.91 Å². The van der Waals surface area contributed by atoms with Gasteiger partial charge in [-0.3, -0.25) is 9.63 Å². The van der Waals surface area contributed by atoms with Gasteiger partial charge in [-0.25, -0.2) is 0 Å². The second kappa shape index (κ2) is 5.98. The fourth-order valence-corrected chi connectivity index (χ4v) is 2.43. The van der Waals surface area contributed by atoms with Crippen LogP contribution in [0, 0.1) is 11.8 Å². The zero-order chi connectivity index (χ0) is 13.0. The molecule has 0 saturated heterocycles. The van der Waals surface area contributed by atoms with E-state index in [9.17, 15) is 4.79 Å². The summed E-state index contributed by atoms with van der Waals surface area (Å²) < 4.78 is 0. The van der Waals surface area contributed by atoms with E-state index in [0.717, 1.165) is 12.8 Å². The van der Waals surface area contributed by atoms with Crippen LogP contribution in [0.2, 0.25) is 0 Å². The number of carbonyl (C=O) groups excluding carboxylic acids is 1. The van der Waals surface area contributed by atoms with Crippen LogP contribution in [0.3, 0.4) is 0 Å². The molecule has 0 spiro atoms. The summed E-state index contributed by atoms with van der Waals surface area (Å²) >= 11 is 0. The number of hydrogen-bond acceptors (Lipinski definition) is 3. The van der Waals surface area contributed by atoms with Crippen LogP contribution in [0.15, 0.2) is 30.3 Å². The molecule has 1 aliphatic carbocycles. The van der Waals surface area contributed by atoms with Crippen molar-refractivity contribution in [1.29, 1.82) is 0 Å². The zero-order valence-electron chi connectivity index (χ0n) is 10.6. The Morgan fingerprint density at radius 1 is 1.39 bits per heavy atom. The first-order valence-electron chi connectivity index (χ1n) is 6.38. The Bertz CT molecular complexity index is 394. The lowest BCUT2D eigenvalue weighted by atomic mass is 10.1. The lowest BCUT2D eigenvalue weighted by Crippen LogP contribution is -2.26. The third-order valence-corrected chi connectivity index (χ3v) is 3.56. The number of benzene rings is 1. The SMILES string of the molecule is C[C@H]1C[C@H](C(N)=O)C[C@H]1ONCc1ccccc1. The maximum absolute atomic E-state index is 11.1. The van der Waals surface area contributed by atoms with E-state index in [4.69, 9.17) is 10.6 Å². The standard InChI is InChI=1S/C14H20N2O2/c1-10-7-12(14(15)17)8-13(10)18-16-9-11-5-3-2-4-6-11/h2-6,10,12-13,16H,7-9H2,1H3,(H2,15,17)/t10-,12-,13+/m0/s1. The average Bonchev–Trinajstić information content (AvgIpc) is 2.73. The molecule has 0 radical (unpaired) electrons. The highest BCUT2D eigenvalue weighted by Crippen LogP contribution is 2.32. The molecule has 1 aromatic carbocycles. The number of hydrogen-bond donors (Lipinski definition) is 2. The number of rotatable bonds is 5.